The minimum Gasteiger partial charge on any atom is -0.461 e. The zero-order chi connectivity index (χ0) is 17.4. The van der Waals surface area contributed by atoms with E-state index in [4.69, 9.17) is 20.5 Å². The summed E-state index contributed by atoms with van der Waals surface area (Å²) < 4.78 is 13.3. The molecule has 0 amide bonds. The van der Waals surface area contributed by atoms with Gasteiger partial charge in [0.15, 0.2) is 23.2 Å². The lowest BCUT2D eigenvalue weighted by Gasteiger charge is -2.08. The quantitative estimate of drug-likeness (QED) is 0.508. The van der Waals surface area contributed by atoms with Crippen LogP contribution in [0.5, 0.6) is 0 Å². The van der Waals surface area contributed by atoms with Gasteiger partial charge < -0.3 is 13.5 Å². The molecular weight excluding hydrogens is 382 g/mol. The van der Waals surface area contributed by atoms with Crippen LogP contribution in [0.1, 0.15) is 23.8 Å². The van der Waals surface area contributed by atoms with Crippen LogP contribution in [0.25, 0.3) is 23.0 Å². The van der Waals surface area contributed by atoms with E-state index < -0.39 is 5.25 Å². The molecule has 0 bridgehead atoms. The van der Waals surface area contributed by atoms with Crippen LogP contribution in [0.4, 0.5) is 0 Å². The van der Waals surface area contributed by atoms with Crippen LogP contribution in [0.2, 0.25) is 4.34 Å². The third-order valence-corrected chi connectivity index (χ3v) is 5.14. The van der Waals surface area contributed by atoms with Crippen molar-refractivity contribution < 1.29 is 8.94 Å². The first-order valence-electron chi connectivity index (χ1n) is 7.40. The number of hydrogen-bond acceptors (Lipinski definition) is 8. The second-order valence-corrected chi connectivity index (χ2v) is 7.16. The first kappa shape index (κ1) is 16.4. The Morgan fingerprint density at radius 3 is 2.96 bits per heavy atom. The zero-order valence-electron chi connectivity index (χ0n) is 13.0. The van der Waals surface area contributed by atoms with Gasteiger partial charge in [-0.2, -0.15) is 17.6 Å². The van der Waals surface area contributed by atoms with Crippen molar-refractivity contribution in [3.63, 3.8) is 0 Å². The van der Waals surface area contributed by atoms with Crippen LogP contribution in [-0.2, 0) is 6.54 Å². The molecule has 0 fully saturated rings. The molecule has 0 spiro atoms. The van der Waals surface area contributed by atoms with Crippen LogP contribution >= 0.6 is 35.6 Å². The molecule has 0 aliphatic carbocycles. The minimum atomic E-state index is -0.484. The molecule has 4 rings (SSSR count). The first-order chi connectivity index (χ1) is 12.2. The molecule has 0 radical (unpaired) electrons. The molecular formula is C15H12ClN5O2S2. The summed E-state index contributed by atoms with van der Waals surface area (Å²) in [6.07, 6.45) is 1.60. The van der Waals surface area contributed by atoms with Crippen molar-refractivity contribution >= 4 is 35.6 Å². The maximum Gasteiger partial charge on any atom is 0.258 e. The van der Waals surface area contributed by atoms with E-state index in [-0.39, 0.29) is 0 Å². The Bertz CT molecular complexity index is 992. The number of rotatable bonds is 5. The van der Waals surface area contributed by atoms with Gasteiger partial charge in [0, 0.05) is 11.9 Å². The van der Waals surface area contributed by atoms with Gasteiger partial charge in [-0.15, -0.1) is 21.5 Å². The van der Waals surface area contributed by atoms with Crippen LogP contribution < -0.4 is 0 Å². The van der Waals surface area contributed by atoms with Crippen LogP contribution in [-0.4, -0.2) is 24.9 Å². The monoisotopic (exact) mass is 393 g/mol. The molecule has 0 aliphatic heterocycles. The average Bonchev–Trinajstić information content (AvgIpc) is 3.37. The van der Waals surface area contributed by atoms with Crippen molar-refractivity contribution in [3.05, 3.63) is 45.8 Å². The molecule has 1 atom stereocenters. The van der Waals surface area contributed by atoms with E-state index in [9.17, 15) is 0 Å². The fourth-order valence-electron chi connectivity index (χ4n) is 2.42. The van der Waals surface area contributed by atoms with Crippen molar-refractivity contribution in [3.8, 4) is 23.0 Å². The summed E-state index contributed by atoms with van der Waals surface area (Å²) in [6.45, 7) is 2.65. The molecule has 1 unspecified atom stereocenters. The lowest BCUT2D eigenvalue weighted by molar-refractivity contribution is 0.423. The third-order valence-electron chi connectivity index (χ3n) is 3.58. The van der Waals surface area contributed by atoms with E-state index in [2.05, 4.69) is 33.0 Å². The predicted molar refractivity (Wildman–Crippen MR) is 96.8 cm³/mol. The SMILES string of the molecule is CCn1c(-c2ccco2)nnc1C(S)c1noc(-c2csc(Cl)c2)n1. The molecule has 7 nitrogen and oxygen atoms in total. The van der Waals surface area contributed by atoms with Gasteiger partial charge in [-0.1, -0.05) is 16.8 Å². The van der Waals surface area contributed by atoms with E-state index in [0.717, 1.165) is 5.56 Å². The second kappa shape index (κ2) is 6.66. The Hall–Kier alpha value is -2.10. The first-order valence-corrected chi connectivity index (χ1v) is 9.17. The topological polar surface area (TPSA) is 82.8 Å². The van der Waals surface area contributed by atoms with Crippen LogP contribution in [0.3, 0.4) is 0 Å². The molecule has 4 heterocycles. The molecule has 0 saturated carbocycles. The van der Waals surface area contributed by atoms with Gasteiger partial charge in [-0.25, -0.2) is 0 Å². The number of aromatic nitrogens is 5. The maximum atomic E-state index is 5.95. The molecule has 4 aromatic heterocycles. The molecule has 128 valence electrons. The average molecular weight is 394 g/mol. The maximum absolute atomic E-state index is 5.95. The summed E-state index contributed by atoms with van der Waals surface area (Å²) in [4.78, 5) is 4.41. The molecule has 0 N–H and O–H groups in total. The lowest BCUT2D eigenvalue weighted by atomic mass is 10.3. The van der Waals surface area contributed by atoms with Gasteiger partial charge in [0.2, 0.25) is 0 Å². The summed E-state index contributed by atoms with van der Waals surface area (Å²) in [7, 11) is 0. The van der Waals surface area contributed by atoms with Gasteiger partial charge >= 0.3 is 0 Å². The number of halogens is 1. The Morgan fingerprint density at radius 2 is 2.28 bits per heavy atom. The molecule has 4 aromatic rings. The number of thiol groups is 1. The van der Waals surface area contributed by atoms with Crippen molar-refractivity contribution in [1.29, 1.82) is 0 Å². The van der Waals surface area contributed by atoms with E-state index in [1.54, 1.807) is 18.4 Å². The van der Waals surface area contributed by atoms with Gasteiger partial charge in [-0.05, 0) is 25.1 Å². The Labute approximate surface area is 157 Å². The minimum absolute atomic E-state index is 0.394. The molecule has 25 heavy (non-hydrogen) atoms. The number of thiophene rings is 1. The summed E-state index contributed by atoms with van der Waals surface area (Å²) in [5.41, 5.74) is 0.780. The van der Waals surface area contributed by atoms with Crippen molar-refractivity contribution in [1.82, 2.24) is 24.9 Å². The highest BCUT2D eigenvalue weighted by Gasteiger charge is 2.25. The second-order valence-electron chi connectivity index (χ2n) is 5.10. The normalized spacial score (nSPS) is 12.6. The van der Waals surface area contributed by atoms with E-state index in [0.29, 0.717) is 40.0 Å². The third kappa shape index (κ3) is 2.99. The highest BCUT2D eigenvalue weighted by Crippen LogP contribution is 2.32. The van der Waals surface area contributed by atoms with Crippen LogP contribution in [0, 0.1) is 0 Å². The van der Waals surface area contributed by atoms with Gasteiger partial charge in [0.05, 0.1) is 16.2 Å². The molecule has 10 heteroatoms. The summed E-state index contributed by atoms with van der Waals surface area (Å²) in [6, 6.07) is 5.42. The van der Waals surface area contributed by atoms with E-state index in [1.807, 2.05) is 22.9 Å². The molecule has 0 aliphatic rings. The van der Waals surface area contributed by atoms with Crippen molar-refractivity contribution in [2.45, 2.75) is 18.7 Å². The Kier molecular flexibility index (Phi) is 4.36. The van der Waals surface area contributed by atoms with Crippen LogP contribution in [0.15, 0.2) is 38.8 Å². The molecule has 0 saturated heterocycles. The number of nitrogens with zero attached hydrogens (tertiary/aromatic N) is 5. The highest BCUT2D eigenvalue weighted by molar-refractivity contribution is 7.80. The fraction of sp³-hybridized carbons (Fsp3) is 0.200. The van der Waals surface area contributed by atoms with Gasteiger partial charge in [0.25, 0.3) is 5.89 Å². The van der Waals surface area contributed by atoms with Crippen molar-refractivity contribution in [2.24, 2.45) is 0 Å². The highest BCUT2D eigenvalue weighted by atomic mass is 35.5. The summed E-state index contributed by atoms with van der Waals surface area (Å²) >= 11 is 12.0. The smallest absolute Gasteiger partial charge is 0.258 e. The fourth-order valence-corrected chi connectivity index (χ4v) is 3.57. The lowest BCUT2D eigenvalue weighted by Crippen LogP contribution is -2.08. The predicted octanol–water partition coefficient (Wildman–Crippen LogP) is 4.34. The largest absolute Gasteiger partial charge is 0.461 e. The standard InChI is InChI=1S/C15H12ClN5O2S2/c1-2-21-13(9-4-3-5-22-9)18-19-14(21)11(24)12-17-15(23-20-12)8-6-10(16)25-7-8/h3-7,11,24H,2H2,1H3. The number of hydrogen-bond donors (Lipinski definition) is 1. The summed E-state index contributed by atoms with van der Waals surface area (Å²) in [5, 5.41) is 13.8. The van der Waals surface area contributed by atoms with Crippen molar-refractivity contribution in [2.75, 3.05) is 0 Å². The van der Waals surface area contributed by atoms with E-state index >= 15 is 0 Å². The summed E-state index contributed by atoms with van der Waals surface area (Å²) in [5.74, 6) is 2.70. The zero-order valence-corrected chi connectivity index (χ0v) is 15.4. The Balaban J connectivity index is 1.67. The number of furan rings is 1. The Morgan fingerprint density at radius 1 is 1.40 bits per heavy atom. The van der Waals surface area contributed by atoms with Gasteiger partial charge in [-0.3, -0.25) is 0 Å². The van der Waals surface area contributed by atoms with E-state index in [1.165, 1.54) is 11.3 Å². The van der Waals surface area contributed by atoms with Gasteiger partial charge in [0.1, 0.15) is 5.25 Å². The molecule has 0 aromatic carbocycles.